The molecule has 0 amide bonds. The average molecular weight is 464 g/mol. The van der Waals surface area contributed by atoms with Crippen LogP contribution in [0.4, 0.5) is 0 Å². The number of benzene rings is 1. The zero-order valence-electron chi connectivity index (χ0n) is 14.6. The molecule has 1 heterocycles. The summed E-state index contributed by atoms with van der Waals surface area (Å²) in [4.78, 5) is 6.70. The Kier molecular flexibility index (Phi) is 11.5. The topological polar surface area (TPSA) is 48.9 Å². The Morgan fingerprint density at radius 3 is 2.71 bits per heavy atom. The zero-order valence-corrected chi connectivity index (χ0v) is 17.7. The summed E-state index contributed by atoms with van der Waals surface area (Å²) in [6.07, 6.45) is 2.11. The second-order valence-corrected chi connectivity index (χ2v) is 6.54. The first kappa shape index (κ1) is 21.5. The highest BCUT2D eigenvalue weighted by Crippen LogP contribution is 2.10. The summed E-state index contributed by atoms with van der Waals surface area (Å²) in [6.45, 7) is 6.45. The SMILES string of the molecule is CN=C(NCCSC)NCc1cccc(CN2CCOCC2)c1.I. The fourth-order valence-electron chi connectivity index (χ4n) is 2.53. The van der Waals surface area contributed by atoms with Crippen molar-refractivity contribution >= 4 is 41.7 Å². The Hall–Kier alpha value is -0.510. The summed E-state index contributed by atoms with van der Waals surface area (Å²) >= 11 is 1.83. The van der Waals surface area contributed by atoms with Crippen LogP contribution >= 0.6 is 35.7 Å². The van der Waals surface area contributed by atoms with Crippen LogP contribution in [0.2, 0.25) is 0 Å². The molecule has 7 heteroatoms. The van der Waals surface area contributed by atoms with Crippen LogP contribution in [0, 0.1) is 0 Å². The number of ether oxygens (including phenoxy) is 1. The zero-order chi connectivity index (χ0) is 16.3. The summed E-state index contributed by atoms with van der Waals surface area (Å²) in [5.41, 5.74) is 2.64. The third-order valence-corrected chi connectivity index (χ3v) is 4.40. The Morgan fingerprint density at radius 1 is 1.25 bits per heavy atom. The lowest BCUT2D eigenvalue weighted by molar-refractivity contribution is 0.0342. The predicted molar refractivity (Wildman–Crippen MR) is 115 cm³/mol. The molecule has 0 unspecified atom stereocenters. The molecule has 24 heavy (non-hydrogen) atoms. The normalized spacial score (nSPS) is 15.7. The van der Waals surface area contributed by atoms with Crippen LogP contribution in [0.3, 0.4) is 0 Å². The Morgan fingerprint density at radius 2 is 2.00 bits per heavy atom. The minimum atomic E-state index is 0. The van der Waals surface area contributed by atoms with Gasteiger partial charge in [0.05, 0.1) is 13.2 Å². The molecule has 0 atom stereocenters. The van der Waals surface area contributed by atoms with Gasteiger partial charge in [0.25, 0.3) is 0 Å². The molecular formula is C17H29IN4OS. The molecule has 136 valence electrons. The molecule has 0 spiro atoms. The van der Waals surface area contributed by atoms with Gasteiger partial charge in [-0.15, -0.1) is 24.0 Å². The van der Waals surface area contributed by atoms with Crippen molar-refractivity contribution in [1.29, 1.82) is 0 Å². The molecule has 0 bridgehead atoms. The van der Waals surface area contributed by atoms with Crippen molar-refractivity contribution in [2.75, 3.05) is 51.9 Å². The number of hydrogen-bond donors (Lipinski definition) is 2. The number of guanidine groups is 1. The molecule has 5 nitrogen and oxygen atoms in total. The van der Waals surface area contributed by atoms with Crippen molar-refractivity contribution in [3.63, 3.8) is 0 Å². The highest BCUT2D eigenvalue weighted by Gasteiger charge is 2.10. The van der Waals surface area contributed by atoms with E-state index in [2.05, 4.69) is 51.0 Å². The second kappa shape index (κ2) is 12.8. The van der Waals surface area contributed by atoms with Gasteiger partial charge in [0, 0.05) is 45.5 Å². The maximum absolute atomic E-state index is 5.41. The van der Waals surface area contributed by atoms with Gasteiger partial charge in [-0.25, -0.2) is 0 Å². The summed E-state index contributed by atoms with van der Waals surface area (Å²) in [5, 5.41) is 6.69. The molecule has 1 aliphatic rings. The quantitative estimate of drug-likeness (QED) is 0.281. The van der Waals surface area contributed by atoms with Crippen LogP contribution in [-0.2, 0) is 17.8 Å². The maximum Gasteiger partial charge on any atom is 0.191 e. The van der Waals surface area contributed by atoms with E-state index < -0.39 is 0 Å². The number of aliphatic imine (C=N–C) groups is 1. The van der Waals surface area contributed by atoms with Gasteiger partial charge in [-0.3, -0.25) is 9.89 Å². The molecule has 0 saturated carbocycles. The largest absolute Gasteiger partial charge is 0.379 e. The highest BCUT2D eigenvalue weighted by molar-refractivity contribution is 14.0. The first-order valence-electron chi connectivity index (χ1n) is 8.13. The average Bonchev–Trinajstić information content (AvgIpc) is 2.59. The smallest absolute Gasteiger partial charge is 0.191 e. The Balaban J connectivity index is 0.00000288. The fourth-order valence-corrected chi connectivity index (χ4v) is 2.84. The number of thioether (sulfide) groups is 1. The van der Waals surface area contributed by atoms with Crippen molar-refractivity contribution in [3.05, 3.63) is 35.4 Å². The Labute approximate surface area is 167 Å². The van der Waals surface area contributed by atoms with Crippen molar-refractivity contribution < 1.29 is 4.74 Å². The third kappa shape index (κ3) is 8.04. The van der Waals surface area contributed by atoms with E-state index in [0.717, 1.165) is 57.6 Å². The summed E-state index contributed by atoms with van der Waals surface area (Å²) in [5.74, 6) is 1.94. The number of hydrogen-bond acceptors (Lipinski definition) is 4. The predicted octanol–water partition coefficient (Wildman–Crippen LogP) is 2.16. The van der Waals surface area contributed by atoms with E-state index in [0.29, 0.717) is 0 Å². The monoisotopic (exact) mass is 464 g/mol. The molecule has 2 rings (SSSR count). The van der Waals surface area contributed by atoms with E-state index in [-0.39, 0.29) is 24.0 Å². The first-order valence-corrected chi connectivity index (χ1v) is 9.52. The molecule has 1 aromatic carbocycles. The summed E-state index contributed by atoms with van der Waals surface area (Å²) in [7, 11) is 1.81. The standard InChI is InChI=1S/C17H28N4OS.HI/c1-18-17(19-6-11-23-2)20-13-15-4-3-5-16(12-15)14-21-7-9-22-10-8-21;/h3-5,12H,6-11,13-14H2,1-2H3,(H2,18,19,20);1H. The van der Waals surface area contributed by atoms with E-state index in [4.69, 9.17) is 4.74 Å². The van der Waals surface area contributed by atoms with Crippen LogP contribution in [0.15, 0.2) is 29.3 Å². The minimum Gasteiger partial charge on any atom is -0.379 e. The summed E-state index contributed by atoms with van der Waals surface area (Å²) < 4.78 is 5.41. The van der Waals surface area contributed by atoms with Crippen molar-refractivity contribution in [2.45, 2.75) is 13.1 Å². The highest BCUT2D eigenvalue weighted by atomic mass is 127. The van der Waals surface area contributed by atoms with E-state index in [1.807, 2.05) is 18.8 Å². The van der Waals surface area contributed by atoms with Crippen molar-refractivity contribution in [1.82, 2.24) is 15.5 Å². The van der Waals surface area contributed by atoms with Crippen LogP contribution in [0.25, 0.3) is 0 Å². The van der Waals surface area contributed by atoms with Gasteiger partial charge in [-0.05, 0) is 17.4 Å². The van der Waals surface area contributed by atoms with Crippen LogP contribution < -0.4 is 10.6 Å². The summed E-state index contributed by atoms with van der Waals surface area (Å²) in [6, 6.07) is 8.77. The molecule has 2 N–H and O–H groups in total. The molecular weight excluding hydrogens is 435 g/mol. The Bertz CT molecular complexity index is 495. The lowest BCUT2D eigenvalue weighted by atomic mass is 10.1. The van der Waals surface area contributed by atoms with Gasteiger partial charge in [-0.1, -0.05) is 24.3 Å². The number of rotatable bonds is 7. The fraction of sp³-hybridized carbons (Fsp3) is 0.588. The molecule has 1 aromatic rings. The van der Waals surface area contributed by atoms with Crippen LogP contribution in [-0.4, -0.2) is 62.8 Å². The van der Waals surface area contributed by atoms with Gasteiger partial charge >= 0.3 is 0 Å². The van der Waals surface area contributed by atoms with Crippen LogP contribution in [0.5, 0.6) is 0 Å². The van der Waals surface area contributed by atoms with Gasteiger partial charge in [0.15, 0.2) is 5.96 Å². The lowest BCUT2D eigenvalue weighted by Crippen LogP contribution is -2.38. The molecule has 1 fully saturated rings. The van der Waals surface area contributed by atoms with E-state index in [9.17, 15) is 0 Å². The lowest BCUT2D eigenvalue weighted by Gasteiger charge is -2.26. The van der Waals surface area contributed by atoms with Crippen LogP contribution in [0.1, 0.15) is 11.1 Å². The van der Waals surface area contributed by atoms with E-state index in [1.54, 1.807) is 0 Å². The number of morpholine rings is 1. The number of halogens is 1. The van der Waals surface area contributed by atoms with E-state index in [1.165, 1.54) is 11.1 Å². The number of nitrogens with one attached hydrogen (secondary N) is 2. The van der Waals surface area contributed by atoms with E-state index >= 15 is 0 Å². The number of nitrogens with zero attached hydrogens (tertiary/aromatic N) is 2. The van der Waals surface area contributed by atoms with Gasteiger partial charge in [0.1, 0.15) is 0 Å². The van der Waals surface area contributed by atoms with Gasteiger partial charge in [-0.2, -0.15) is 11.8 Å². The second-order valence-electron chi connectivity index (χ2n) is 5.55. The molecule has 0 aromatic heterocycles. The molecule has 1 aliphatic heterocycles. The van der Waals surface area contributed by atoms with Gasteiger partial charge < -0.3 is 15.4 Å². The molecule has 0 aliphatic carbocycles. The molecule has 0 radical (unpaired) electrons. The van der Waals surface area contributed by atoms with Crippen molar-refractivity contribution in [3.8, 4) is 0 Å². The molecule has 1 saturated heterocycles. The maximum atomic E-state index is 5.41. The first-order chi connectivity index (χ1) is 11.3. The van der Waals surface area contributed by atoms with Gasteiger partial charge in [0.2, 0.25) is 0 Å². The van der Waals surface area contributed by atoms with Crippen molar-refractivity contribution in [2.24, 2.45) is 4.99 Å². The third-order valence-electron chi connectivity index (χ3n) is 3.78. The minimum absolute atomic E-state index is 0.